The summed E-state index contributed by atoms with van der Waals surface area (Å²) in [6, 6.07) is 7.37. The number of amides is 1. The van der Waals surface area contributed by atoms with Crippen LogP contribution in [0.4, 0.5) is 8.78 Å². The van der Waals surface area contributed by atoms with E-state index < -0.39 is 21.7 Å². The van der Waals surface area contributed by atoms with E-state index in [1.54, 1.807) is 12.1 Å². The fourth-order valence-electron chi connectivity index (χ4n) is 4.24. The number of rotatable bonds is 8. The van der Waals surface area contributed by atoms with E-state index in [1.807, 2.05) is 4.72 Å². The lowest BCUT2D eigenvalue weighted by atomic mass is 10.0. The average molecular weight is 495 g/mol. The molecule has 1 saturated heterocycles. The summed E-state index contributed by atoms with van der Waals surface area (Å²) in [6.07, 6.45) is 4.02. The minimum Gasteiger partial charge on any atom is -0.497 e. The van der Waals surface area contributed by atoms with Gasteiger partial charge in [-0.2, -0.15) is 0 Å². The normalized spacial score (nSPS) is 19.0. The average Bonchev–Trinajstić information content (AvgIpc) is 3.59. The van der Waals surface area contributed by atoms with E-state index in [0.717, 1.165) is 38.5 Å². The Kier molecular flexibility index (Phi) is 7.09. The van der Waals surface area contributed by atoms with Gasteiger partial charge in [0.1, 0.15) is 29.2 Å². The molecule has 4 rings (SSSR count). The molecule has 2 aliphatic rings. The number of ether oxygens (including phenoxy) is 2. The molecule has 184 valence electrons. The Hall–Kier alpha value is -2.72. The lowest BCUT2D eigenvalue weighted by molar-refractivity contribution is 0.0826. The molecule has 1 unspecified atom stereocenters. The molecule has 1 heterocycles. The number of piperidine rings is 1. The molecule has 0 aromatic heterocycles. The third-order valence-corrected chi connectivity index (χ3v) is 6.61. The number of likely N-dealkylation sites (tertiary alicyclic amines) is 1. The lowest BCUT2D eigenvalue weighted by Gasteiger charge is -2.33. The number of nitrogens with one attached hydrogen (secondary N) is 1. The molecule has 0 bridgehead atoms. The molecule has 2 aromatic rings. The molecule has 0 radical (unpaired) electrons. The smallest absolute Gasteiger partial charge is 0.267 e. The second-order valence-corrected chi connectivity index (χ2v) is 10.7. The van der Waals surface area contributed by atoms with E-state index in [0.29, 0.717) is 35.7 Å². The van der Waals surface area contributed by atoms with Crippen LogP contribution in [-0.2, 0) is 16.6 Å². The van der Waals surface area contributed by atoms with Crippen molar-refractivity contribution in [2.45, 2.75) is 44.2 Å². The SMILES string of the molecule is COc1ccc(CN2CCCC(Oc3cc(F)c(C(=O)NS(C)(=O)=O)cc3C3CC3)C2)c(F)c1. The number of benzene rings is 2. The van der Waals surface area contributed by atoms with Crippen LogP contribution in [0.25, 0.3) is 0 Å². The van der Waals surface area contributed by atoms with Gasteiger partial charge in [0.05, 0.1) is 18.9 Å². The highest BCUT2D eigenvalue weighted by Gasteiger charge is 2.31. The van der Waals surface area contributed by atoms with Crippen molar-refractivity contribution in [1.82, 2.24) is 9.62 Å². The molecule has 1 N–H and O–H groups in total. The Labute approximate surface area is 198 Å². The quantitative estimate of drug-likeness (QED) is 0.604. The number of carbonyl (C=O) groups excluding carboxylic acids is 1. The lowest BCUT2D eigenvalue weighted by Crippen LogP contribution is -2.41. The predicted octanol–water partition coefficient (Wildman–Crippen LogP) is 3.58. The Balaban J connectivity index is 1.48. The molecule has 7 nitrogen and oxygen atoms in total. The van der Waals surface area contributed by atoms with Crippen LogP contribution in [0.5, 0.6) is 11.5 Å². The largest absolute Gasteiger partial charge is 0.497 e. The number of hydrogen-bond donors (Lipinski definition) is 1. The first-order chi connectivity index (χ1) is 16.1. The molecule has 2 fully saturated rings. The van der Waals surface area contributed by atoms with Crippen molar-refractivity contribution >= 4 is 15.9 Å². The van der Waals surface area contributed by atoms with E-state index in [9.17, 15) is 22.0 Å². The van der Waals surface area contributed by atoms with Crippen molar-refractivity contribution in [2.75, 3.05) is 26.5 Å². The molecule has 10 heteroatoms. The van der Waals surface area contributed by atoms with Gasteiger partial charge in [0.2, 0.25) is 10.0 Å². The van der Waals surface area contributed by atoms with Crippen molar-refractivity contribution in [3.05, 3.63) is 58.7 Å². The zero-order valence-electron chi connectivity index (χ0n) is 19.1. The van der Waals surface area contributed by atoms with Crippen molar-refractivity contribution in [1.29, 1.82) is 0 Å². The van der Waals surface area contributed by atoms with E-state index in [2.05, 4.69) is 4.90 Å². The second kappa shape index (κ2) is 9.87. The van der Waals surface area contributed by atoms with Crippen LogP contribution >= 0.6 is 0 Å². The standard InChI is InChI=1S/C24H28F2N2O5S/c1-32-17-8-7-16(21(25)10-17)13-28-9-3-4-18(14-28)33-23-12-22(26)20(11-19(23)15-5-6-15)24(29)27-34(2,30)31/h7-8,10-12,15,18H,3-6,9,13-14H2,1-2H3,(H,27,29). The third kappa shape index (κ3) is 6.04. The molecule has 0 spiro atoms. The maximum Gasteiger partial charge on any atom is 0.267 e. The Morgan fingerprint density at radius 1 is 1.15 bits per heavy atom. The minimum atomic E-state index is -3.81. The zero-order valence-corrected chi connectivity index (χ0v) is 20.0. The van der Waals surface area contributed by atoms with Gasteiger partial charge in [-0.3, -0.25) is 9.69 Å². The third-order valence-electron chi connectivity index (χ3n) is 6.05. The van der Waals surface area contributed by atoms with Crippen LogP contribution in [0.2, 0.25) is 0 Å². The number of nitrogens with zero attached hydrogens (tertiary/aromatic N) is 1. The van der Waals surface area contributed by atoms with Gasteiger partial charge in [-0.05, 0) is 55.8 Å². The second-order valence-electron chi connectivity index (χ2n) is 8.92. The first-order valence-electron chi connectivity index (χ1n) is 11.2. The van der Waals surface area contributed by atoms with Gasteiger partial charge in [0.15, 0.2) is 0 Å². The van der Waals surface area contributed by atoms with Gasteiger partial charge in [0.25, 0.3) is 5.91 Å². The maximum atomic E-state index is 14.8. The topological polar surface area (TPSA) is 84.9 Å². The van der Waals surface area contributed by atoms with Crippen molar-refractivity contribution in [3.63, 3.8) is 0 Å². The van der Waals surface area contributed by atoms with Gasteiger partial charge in [-0.15, -0.1) is 0 Å². The summed E-state index contributed by atoms with van der Waals surface area (Å²) in [6.45, 7) is 1.76. The van der Waals surface area contributed by atoms with Gasteiger partial charge in [0, 0.05) is 30.8 Å². The number of halogens is 2. The monoisotopic (exact) mass is 494 g/mol. The summed E-state index contributed by atoms with van der Waals surface area (Å²) in [4.78, 5) is 14.3. The molecule has 1 aliphatic carbocycles. The molecule has 2 aromatic carbocycles. The first-order valence-corrected chi connectivity index (χ1v) is 13.1. The van der Waals surface area contributed by atoms with Gasteiger partial charge >= 0.3 is 0 Å². The van der Waals surface area contributed by atoms with Crippen LogP contribution in [0, 0.1) is 11.6 Å². The molecule has 1 saturated carbocycles. The molecular formula is C24H28F2N2O5S. The Morgan fingerprint density at radius 2 is 1.91 bits per heavy atom. The summed E-state index contributed by atoms with van der Waals surface area (Å²) in [5.74, 6) is -1.19. The zero-order chi connectivity index (χ0) is 24.5. The van der Waals surface area contributed by atoms with E-state index in [-0.39, 0.29) is 23.4 Å². The van der Waals surface area contributed by atoms with Crippen molar-refractivity contribution in [2.24, 2.45) is 0 Å². The van der Waals surface area contributed by atoms with Gasteiger partial charge in [-0.1, -0.05) is 6.07 Å². The highest BCUT2D eigenvalue weighted by atomic mass is 32.2. The molecular weight excluding hydrogens is 466 g/mol. The summed E-state index contributed by atoms with van der Waals surface area (Å²) < 4.78 is 65.0. The van der Waals surface area contributed by atoms with Crippen LogP contribution in [-0.4, -0.2) is 51.8 Å². The van der Waals surface area contributed by atoms with Gasteiger partial charge in [-0.25, -0.2) is 21.9 Å². The van der Waals surface area contributed by atoms with Crippen LogP contribution in [0.3, 0.4) is 0 Å². The van der Waals surface area contributed by atoms with E-state index in [4.69, 9.17) is 9.47 Å². The summed E-state index contributed by atoms with van der Waals surface area (Å²) >= 11 is 0. The number of methoxy groups -OCH3 is 1. The number of hydrogen-bond acceptors (Lipinski definition) is 6. The molecule has 34 heavy (non-hydrogen) atoms. The molecule has 1 aliphatic heterocycles. The van der Waals surface area contributed by atoms with Crippen LogP contribution < -0.4 is 14.2 Å². The van der Waals surface area contributed by atoms with E-state index in [1.165, 1.54) is 25.3 Å². The number of sulfonamides is 1. The van der Waals surface area contributed by atoms with Crippen molar-refractivity contribution in [3.8, 4) is 11.5 Å². The highest BCUT2D eigenvalue weighted by molar-refractivity contribution is 7.89. The van der Waals surface area contributed by atoms with Gasteiger partial charge < -0.3 is 9.47 Å². The maximum absolute atomic E-state index is 14.8. The van der Waals surface area contributed by atoms with Crippen LogP contribution in [0.15, 0.2) is 30.3 Å². The predicted molar refractivity (Wildman–Crippen MR) is 123 cm³/mol. The summed E-state index contributed by atoms with van der Waals surface area (Å²) in [5.41, 5.74) is 0.950. The Morgan fingerprint density at radius 3 is 2.56 bits per heavy atom. The Bertz CT molecular complexity index is 1180. The fraction of sp³-hybridized carbons (Fsp3) is 0.458. The number of carbonyl (C=O) groups is 1. The fourth-order valence-corrected chi connectivity index (χ4v) is 4.69. The first kappa shape index (κ1) is 24.4. The molecule has 1 amide bonds. The summed E-state index contributed by atoms with van der Waals surface area (Å²) in [7, 11) is -2.32. The van der Waals surface area contributed by atoms with E-state index >= 15 is 0 Å². The van der Waals surface area contributed by atoms with Crippen molar-refractivity contribution < 1.29 is 31.5 Å². The van der Waals surface area contributed by atoms with Crippen LogP contribution in [0.1, 0.15) is 53.1 Å². The minimum absolute atomic E-state index is 0.147. The summed E-state index contributed by atoms with van der Waals surface area (Å²) in [5, 5.41) is 0. The molecule has 1 atom stereocenters. The highest BCUT2D eigenvalue weighted by Crippen LogP contribution is 2.45.